The van der Waals surface area contributed by atoms with Crippen LogP contribution in [0, 0.1) is 6.92 Å². The van der Waals surface area contributed by atoms with Crippen LogP contribution in [0.3, 0.4) is 0 Å². The molecule has 0 aliphatic rings. The van der Waals surface area contributed by atoms with E-state index in [1.165, 1.54) is 5.56 Å². The molecular formula is C17H29NO2. The molecule has 0 aromatic heterocycles. The second kappa shape index (κ2) is 7.53. The van der Waals surface area contributed by atoms with Gasteiger partial charge < -0.3 is 14.8 Å². The van der Waals surface area contributed by atoms with Crippen LogP contribution in [0.5, 0.6) is 5.75 Å². The molecule has 0 amide bonds. The fourth-order valence-corrected chi connectivity index (χ4v) is 2.22. The number of aryl methyl sites for hydroxylation is 1. The topological polar surface area (TPSA) is 30.5 Å². The SMILES string of the molecule is CCCOc1cc(C)ccc1NC(C)CC(C)(C)OC. The van der Waals surface area contributed by atoms with Crippen LogP contribution in [-0.4, -0.2) is 25.4 Å². The lowest BCUT2D eigenvalue weighted by Gasteiger charge is -2.28. The highest BCUT2D eigenvalue weighted by atomic mass is 16.5. The highest BCUT2D eigenvalue weighted by Gasteiger charge is 2.20. The Balaban J connectivity index is 2.75. The van der Waals surface area contributed by atoms with Gasteiger partial charge in [0.2, 0.25) is 0 Å². The zero-order valence-electron chi connectivity index (χ0n) is 13.7. The summed E-state index contributed by atoms with van der Waals surface area (Å²) in [6.45, 7) is 11.3. The van der Waals surface area contributed by atoms with Gasteiger partial charge in [-0.25, -0.2) is 0 Å². The van der Waals surface area contributed by atoms with Gasteiger partial charge in [-0.15, -0.1) is 0 Å². The maximum absolute atomic E-state index is 5.83. The second-order valence-corrected chi connectivity index (χ2v) is 6.06. The summed E-state index contributed by atoms with van der Waals surface area (Å²) in [6, 6.07) is 6.61. The van der Waals surface area contributed by atoms with Crippen molar-refractivity contribution in [2.75, 3.05) is 19.0 Å². The molecule has 1 rings (SSSR count). The van der Waals surface area contributed by atoms with Crippen LogP contribution in [0.4, 0.5) is 5.69 Å². The molecule has 0 aliphatic carbocycles. The number of ether oxygens (including phenoxy) is 2. The van der Waals surface area contributed by atoms with E-state index in [4.69, 9.17) is 9.47 Å². The summed E-state index contributed by atoms with van der Waals surface area (Å²) in [5, 5.41) is 3.53. The molecule has 0 heterocycles. The summed E-state index contributed by atoms with van der Waals surface area (Å²) < 4.78 is 11.3. The monoisotopic (exact) mass is 279 g/mol. The van der Waals surface area contributed by atoms with Crippen LogP contribution in [0.15, 0.2) is 18.2 Å². The van der Waals surface area contributed by atoms with E-state index in [9.17, 15) is 0 Å². The number of methoxy groups -OCH3 is 1. The van der Waals surface area contributed by atoms with Crippen molar-refractivity contribution >= 4 is 5.69 Å². The Kier molecular flexibility index (Phi) is 6.34. The van der Waals surface area contributed by atoms with Crippen molar-refractivity contribution in [3.05, 3.63) is 23.8 Å². The van der Waals surface area contributed by atoms with Crippen molar-refractivity contribution in [2.45, 2.75) is 59.1 Å². The molecule has 1 aromatic rings. The van der Waals surface area contributed by atoms with Gasteiger partial charge >= 0.3 is 0 Å². The molecule has 3 nitrogen and oxygen atoms in total. The molecule has 114 valence electrons. The minimum atomic E-state index is -0.123. The van der Waals surface area contributed by atoms with Gasteiger partial charge in [-0.05, 0) is 58.2 Å². The van der Waals surface area contributed by atoms with Crippen LogP contribution < -0.4 is 10.1 Å². The first-order valence-corrected chi connectivity index (χ1v) is 7.43. The van der Waals surface area contributed by atoms with Gasteiger partial charge in [0, 0.05) is 13.2 Å². The Morgan fingerprint density at radius 1 is 1.30 bits per heavy atom. The third kappa shape index (κ3) is 5.41. The van der Waals surface area contributed by atoms with E-state index in [2.05, 4.69) is 58.1 Å². The van der Waals surface area contributed by atoms with E-state index < -0.39 is 0 Å². The number of hydrogen-bond acceptors (Lipinski definition) is 3. The first-order chi connectivity index (χ1) is 9.38. The summed E-state index contributed by atoms with van der Waals surface area (Å²) in [4.78, 5) is 0. The number of benzene rings is 1. The first kappa shape index (κ1) is 16.8. The molecule has 20 heavy (non-hydrogen) atoms. The Morgan fingerprint density at radius 3 is 2.60 bits per heavy atom. The van der Waals surface area contributed by atoms with Gasteiger partial charge in [0.05, 0.1) is 17.9 Å². The third-order valence-corrected chi connectivity index (χ3v) is 3.35. The van der Waals surface area contributed by atoms with Crippen molar-refractivity contribution in [1.82, 2.24) is 0 Å². The lowest BCUT2D eigenvalue weighted by atomic mass is 9.99. The number of rotatable bonds is 8. The molecule has 1 aromatic carbocycles. The van der Waals surface area contributed by atoms with Crippen molar-refractivity contribution in [1.29, 1.82) is 0 Å². The molecule has 0 saturated heterocycles. The quantitative estimate of drug-likeness (QED) is 0.765. The summed E-state index contributed by atoms with van der Waals surface area (Å²) in [5.74, 6) is 0.939. The van der Waals surface area contributed by atoms with E-state index in [0.717, 1.165) is 30.9 Å². The molecule has 0 fully saturated rings. The van der Waals surface area contributed by atoms with E-state index >= 15 is 0 Å². The average molecular weight is 279 g/mol. The summed E-state index contributed by atoms with van der Waals surface area (Å²) >= 11 is 0. The smallest absolute Gasteiger partial charge is 0.142 e. The predicted octanol–water partition coefficient (Wildman–Crippen LogP) is 4.40. The van der Waals surface area contributed by atoms with E-state index in [-0.39, 0.29) is 5.60 Å². The predicted molar refractivity (Wildman–Crippen MR) is 85.8 cm³/mol. The Labute approximate surface area is 123 Å². The fourth-order valence-electron chi connectivity index (χ4n) is 2.22. The summed E-state index contributed by atoms with van der Waals surface area (Å²) in [5.41, 5.74) is 2.15. The molecule has 3 heteroatoms. The maximum atomic E-state index is 5.83. The molecule has 0 saturated carbocycles. The van der Waals surface area contributed by atoms with Crippen LogP contribution >= 0.6 is 0 Å². The minimum Gasteiger partial charge on any atom is -0.491 e. The van der Waals surface area contributed by atoms with Crippen molar-refractivity contribution in [2.24, 2.45) is 0 Å². The van der Waals surface area contributed by atoms with Gasteiger partial charge in [0.1, 0.15) is 5.75 Å². The summed E-state index contributed by atoms with van der Waals surface area (Å²) in [6.07, 6.45) is 1.95. The van der Waals surface area contributed by atoms with Crippen LogP contribution in [-0.2, 0) is 4.74 Å². The summed E-state index contributed by atoms with van der Waals surface area (Å²) in [7, 11) is 1.76. The highest BCUT2D eigenvalue weighted by molar-refractivity contribution is 5.58. The molecule has 1 atom stereocenters. The molecule has 0 bridgehead atoms. The van der Waals surface area contributed by atoms with Crippen LogP contribution in [0.2, 0.25) is 0 Å². The lowest BCUT2D eigenvalue weighted by Crippen LogP contribution is -2.31. The molecule has 0 radical (unpaired) electrons. The maximum Gasteiger partial charge on any atom is 0.142 e. The average Bonchev–Trinajstić information content (AvgIpc) is 2.38. The Bertz CT molecular complexity index is 415. The standard InChI is InChI=1S/C17H29NO2/c1-7-10-20-16-11-13(2)8-9-15(16)18-14(3)12-17(4,5)19-6/h8-9,11,14,18H,7,10,12H2,1-6H3. The van der Waals surface area contributed by atoms with Crippen molar-refractivity contribution in [3.8, 4) is 5.75 Å². The van der Waals surface area contributed by atoms with E-state index in [0.29, 0.717) is 6.04 Å². The Hall–Kier alpha value is -1.22. The number of hydrogen-bond donors (Lipinski definition) is 1. The third-order valence-electron chi connectivity index (χ3n) is 3.35. The lowest BCUT2D eigenvalue weighted by molar-refractivity contribution is 0.0128. The normalized spacial score (nSPS) is 13.1. The largest absolute Gasteiger partial charge is 0.491 e. The van der Waals surface area contributed by atoms with E-state index in [1.807, 2.05) is 0 Å². The van der Waals surface area contributed by atoms with Crippen molar-refractivity contribution in [3.63, 3.8) is 0 Å². The first-order valence-electron chi connectivity index (χ1n) is 7.43. The van der Waals surface area contributed by atoms with E-state index in [1.54, 1.807) is 7.11 Å². The van der Waals surface area contributed by atoms with Crippen LogP contribution in [0.1, 0.15) is 46.1 Å². The molecule has 0 aliphatic heterocycles. The zero-order chi connectivity index (χ0) is 15.2. The minimum absolute atomic E-state index is 0.123. The van der Waals surface area contributed by atoms with Crippen molar-refractivity contribution < 1.29 is 9.47 Å². The Morgan fingerprint density at radius 2 is 2.00 bits per heavy atom. The zero-order valence-corrected chi connectivity index (χ0v) is 13.7. The molecule has 1 N–H and O–H groups in total. The van der Waals surface area contributed by atoms with Gasteiger partial charge in [-0.2, -0.15) is 0 Å². The number of nitrogens with one attached hydrogen (secondary N) is 1. The molecule has 1 unspecified atom stereocenters. The van der Waals surface area contributed by atoms with Gasteiger partial charge in [0.25, 0.3) is 0 Å². The fraction of sp³-hybridized carbons (Fsp3) is 0.647. The molecule has 0 spiro atoms. The van der Waals surface area contributed by atoms with Gasteiger partial charge in [0.15, 0.2) is 0 Å². The van der Waals surface area contributed by atoms with Crippen LogP contribution in [0.25, 0.3) is 0 Å². The highest BCUT2D eigenvalue weighted by Crippen LogP contribution is 2.28. The molecular weight excluding hydrogens is 250 g/mol. The second-order valence-electron chi connectivity index (χ2n) is 6.06. The van der Waals surface area contributed by atoms with Gasteiger partial charge in [-0.3, -0.25) is 0 Å². The number of anilines is 1. The van der Waals surface area contributed by atoms with Gasteiger partial charge in [-0.1, -0.05) is 13.0 Å².